The number of rotatable bonds is 3. The smallest absolute Gasteiger partial charge is 0.242 e. The zero-order valence-electron chi connectivity index (χ0n) is 10.3. The molecule has 1 aliphatic carbocycles. The maximum Gasteiger partial charge on any atom is 0.242 e. The third kappa shape index (κ3) is 3.54. The number of hydrogen-bond donors (Lipinski definition) is 2. The van der Waals surface area contributed by atoms with Gasteiger partial charge in [-0.2, -0.15) is 0 Å². The number of halogens is 2. The van der Waals surface area contributed by atoms with Crippen molar-refractivity contribution in [3.63, 3.8) is 0 Å². The van der Waals surface area contributed by atoms with Crippen molar-refractivity contribution in [3.05, 3.63) is 22.2 Å². The second kappa shape index (κ2) is 5.87. The predicted molar refractivity (Wildman–Crippen MR) is 78.1 cm³/mol. The van der Waals surface area contributed by atoms with Crippen LogP contribution in [0.3, 0.4) is 0 Å². The largest absolute Gasteiger partial charge is 0.397 e. The van der Waals surface area contributed by atoms with Crippen molar-refractivity contribution in [2.75, 3.05) is 5.73 Å². The van der Waals surface area contributed by atoms with Crippen molar-refractivity contribution in [1.82, 2.24) is 4.72 Å². The van der Waals surface area contributed by atoms with Crippen LogP contribution in [-0.2, 0) is 10.0 Å². The Bertz CT molecular complexity index is 569. The Balaban J connectivity index is 2.26. The summed E-state index contributed by atoms with van der Waals surface area (Å²) in [6.45, 7) is 0. The molecule has 0 amide bonds. The van der Waals surface area contributed by atoms with Crippen LogP contribution in [0.4, 0.5) is 5.69 Å². The molecule has 0 spiro atoms. The number of benzene rings is 1. The van der Waals surface area contributed by atoms with Crippen LogP contribution in [0.1, 0.15) is 32.1 Å². The summed E-state index contributed by atoms with van der Waals surface area (Å²) in [5.74, 6) is 0. The molecule has 1 aliphatic rings. The third-order valence-corrected chi connectivity index (χ3v) is 5.58. The van der Waals surface area contributed by atoms with Crippen molar-refractivity contribution >= 4 is 38.9 Å². The molecule has 0 bridgehead atoms. The summed E-state index contributed by atoms with van der Waals surface area (Å²) < 4.78 is 27.3. The van der Waals surface area contributed by atoms with Crippen molar-refractivity contribution in [2.45, 2.75) is 43.0 Å². The molecule has 2 rings (SSSR count). The van der Waals surface area contributed by atoms with Gasteiger partial charge in [-0.25, -0.2) is 13.1 Å². The van der Waals surface area contributed by atoms with Crippen LogP contribution in [0.5, 0.6) is 0 Å². The molecule has 0 heterocycles. The molecule has 1 aromatic carbocycles. The van der Waals surface area contributed by atoms with E-state index in [1.165, 1.54) is 12.1 Å². The van der Waals surface area contributed by atoms with Crippen molar-refractivity contribution < 1.29 is 8.42 Å². The molecule has 19 heavy (non-hydrogen) atoms. The molecule has 0 radical (unpaired) electrons. The van der Waals surface area contributed by atoms with Crippen molar-refractivity contribution in [3.8, 4) is 0 Å². The monoisotopic (exact) mass is 322 g/mol. The highest BCUT2D eigenvalue weighted by molar-refractivity contribution is 7.89. The zero-order valence-corrected chi connectivity index (χ0v) is 12.7. The number of sulfonamides is 1. The maximum atomic E-state index is 12.3. The van der Waals surface area contributed by atoms with Gasteiger partial charge >= 0.3 is 0 Å². The van der Waals surface area contributed by atoms with E-state index >= 15 is 0 Å². The molecule has 0 saturated heterocycles. The normalized spacial score (nSPS) is 17.6. The zero-order chi connectivity index (χ0) is 14.0. The van der Waals surface area contributed by atoms with Gasteiger partial charge in [0.25, 0.3) is 0 Å². The number of nitrogens with one attached hydrogen (secondary N) is 1. The minimum atomic E-state index is -3.65. The molecule has 1 fully saturated rings. The Morgan fingerprint density at radius 3 is 2.37 bits per heavy atom. The van der Waals surface area contributed by atoms with E-state index in [4.69, 9.17) is 28.9 Å². The molecule has 0 aromatic heterocycles. The van der Waals surface area contributed by atoms with E-state index < -0.39 is 10.0 Å². The highest BCUT2D eigenvalue weighted by Gasteiger charge is 2.24. The van der Waals surface area contributed by atoms with Crippen molar-refractivity contribution in [1.29, 1.82) is 0 Å². The van der Waals surface area contributed by atoms with Gasteiger partial charge in [0.15, 0.2) is 0 Å². The van der Waals surface area contributed by atoms with E-state index in [9.17, 15) is 8.42 Å². The highest BCUT2D eigenvalue weighted by atomic mass is 35.5. The first-order valence-corrected chi connectivity index (χ1v) is 8.41. The van der Waals surface area contributed by atoms with Gasteiger partial charge in [0.1, 0.15) is 4.90 Å². The van der Waals surface area contributed by atoms with E-state index in [1.807, 2.05) is 0 Å². The topological polar surface area (TPSA) is 72.2 Å². The quantitative estimate of drug-likeness (QED) is 0.839. The Morgan fingerprint density at radius 1 is 1.11 bits per heavy atom. The minimum absolute atomic E-state index is 0.0149. The molecule has 1 saturated carbocycles. The van der Waals surface area contributed by atoms with Crippen LogP contribution < -0.4 is 10.5 Å². The maximum absolute atomic E-state index is 12.3. The lowest BCUT2D eigenvalue weighted by molar-refractivity contribution is 0.412. The van der Waals surface area contributed by atoms with Crippen LogP contribution in [0.15, 0.2) is 17.0 Å². The van der Waals surface area contributed by atoms with Crippen LogP contribution in [0, 0.1) is 0 Å². The SMILES string of the molecule is Nc1cc(Cl)c(S(=O)(=O)NC2CCCCC2)cc1Cl. The van der Waals surface area contributed by atoms with Gasteiger partial charge in [-0.1, -0.05) is 42.5 Å². The van der Waals surface area contributed by atoms with Crippen LogP contribution in [0.25, 0.3) is 0 Å². The van der Waals surface area contributed by atoms with E-state index in [0.717, 1.165) is 32.1 Å². The molecule has 3 N–H and O–H groups in total. The molecule has 0 atom stereocenters. The molecule has 0 unspecified atom stereocenters. The van der Waals surface area contributed by atoms with E-state index in [0.29, 0.717) is 0 Å². The minimum Gasteiger partial charge on any atom is -0.397 e. The molecule has 106 valence electrons. The lowest BCUT2D eigenvalue weighted by Gasteiger charge is -2.23. The molecular weight excluding hydrogens is 307 g/mol. The Labute approximate surface area is 123 Å². The van der Waals surface area contributed by atoms with E-state index in [2.05, 4.69) is 4.72 Å². The number of hydrogen-bond acceptors (Lipinski definition) is 3. The number of nitrogens with two attached hydrogens (primary N) is 1. The number of anilines is 1. The van der Waals surface area contributed by atoms with Gasteiger partial charge in [0.05, 0.1) is 15.7 Å². The standard InChI is InChI=1S/C12H16Cl2N2O2S/c13-9-7-12(10(14)6-11(9)15)19(17,18)16-8-4-2-1-3-5-8/h6-8,16H,1-5,15H2. The van der Waals surface area contributed by atoms with E-state index in [1.54, 1.807) is 0 Å². The van der Waals surface area contributed by atoms with Gasteiger partial charge in [-0.15, -0.1) is 0 Å². The summed E-state index contributed by atoms with van der Waals surface area (Å²) in [5.41, 5.74) is 5.85. The van der Waals surface area contributed by atoms with Gasteiger partial charge in [0.2, 0.25) is 10.0 Å². The van der Waals surface area contributed by atoms with Gasteiger partial charge in [-0.3, -0.25) is 0 Å². The van der Waals surface area contributed by atoms with Gasteiger partial charge < -0.3 is 5.73 Å². The average molecular weight is 323 g/mol. The van der Waals surface area contributed by atoms with Crippen LogP contribution in [-0.4, -0.2) is 14.5 Å². The predicted octanol–water partition coefficient (Wildman–Crippen LogP) is 3.19. The average Bonchev–Trinajstić information content (AvgIpc) is 2.34. The molecular formula is C12H16Cl2N2O2S. The molecule has 1 aromatic rings. The number of nitrogen functional groups attached to an aromatic ring is 1. The summed E-state index contributed by atoms with van der Waals surface area (Å²) >= 11 is 11.8. The summed E-state index contributed by atoms with van der Waals surface area (Å²) in [6, 6.07) is 2.63. The summed E-state index contributed by atoms with van der Waals surface area (Å²) in [5, 5.41) is 0.277. The fraction of sp³-hybridized carbons (Fsp3) is 0.500. The summed E-state index contributed by atoms with van der Waals surface area (Å²) in [6.07, 6.45) is 4.97. The third-order valence-electron chi connectivity index (χ3n) is 3.27. The Kier molecular flexibility index (Phi) is 4.61. The summed E-state index contributed by atoms with van der Waals surface area (Å²) in [4.78, 5) is -0.0149. The van der Waals surface area contributed by atoms with Gasteiger partial charge in [0, 0.05) is 6.04 Å². The highest BCUT2D eigenvalue weighted by Crippen LogP contribution is 2.30. The van der Waals surface area contributed by atoms with E-state index in [-0.39, 0.29) is 26.7 Å². The summed E-state index contributed by atoms with van der Waals surface area (Å²) in [7, 11) is -3.65. The lowest BCUT2D eigenvalue weighted by atomic mass is 9.96. The first-order chi connectivity index (χ1) is 8.90. The lowest BCUT2D eigenvalue weighted by Crippen LogP contribution is -2.36. The molecule has 4 nitrogen and oxygen atoms in total. The Morgan fingerprint density at radius 2 is 1.74 bits per heavy atom. The molecule has 7 heteroatoms. The van der Waals surface area contributed by atoms with Gasteiger partial charge in [-0.05, 0) is 25.0 Å². The second-order valence-corrected chi connectivity index (χ2v) is 7.26. The second-order valence-electron chi connectivity index (χ2n) is 4.76. The Hall–Kier alpha value is -0.490. The first-order valence-electron chi connectivity index (χ1n) is 6.17. The fourth-order valence-electron chi connectivity index (χ4n) is 2.25. The fourth-order valence-corrected chi connectivity index (χ4v) is 4.35. The first kappa shape index (κ1) is 14.9. The van der Waals surface area contributed by atoms with Crippen LogP contribution in [0.2, 0.25) is 10.0 Å². The van der Waals surface area contributed by atoms with Crippen molar-refractivity contribution in [2.24, 2.45) is 0 Å². The van der Waals surface area contributed by atoms with Crippen LogP contribution >= 0.6 is 23.2 Å². The molecule has 0 aliphatic heterocycles.